The third-order valence-electron chi connectivity index (χ3n) is 3.24. The van der Waals surface area contributed by atoms with Crippen molar-refractivity contribution in [2.45, 2.75) is 51.1 Å². The summed E-state index contributed by atoms with van der Waals surface area (Å²) in [4.78, 5) is 0. The molecule has 1 N–H and O–H groups in total. The summed E-state index contributed by atoms with van der Waals surface area (Å²) in [6.07, 6.45) is 7.11. The smallest absolute Gasteiger partial charge is 0.0161 e. The molecule has 0 aromatic heterocycles. The van der Waals surface area contributed by atoms with E-state index in [1.54, 1.807) is 0 Å². The normalized spacial score (nSPS) is 31.6. The summed E-state index contributed by atoms with van der Waals surface area (Å²) in [5, 5.41) is 3.85. The first-order valence-corrected chi connectivity index (χ1v) is 6.89. The molecule has 2 atom stereocenters. The van der Waals surface area contributed by atoms with E-state index < -0.39 is 0 Å². The Hall–Kier alpha value is 0.310. The van der Waals surface area contributed by atoms with Crippen molar-refractivity contribution < 1.29 is 0 Å². The number of hydrogen-bond acceptors (Lipinski definition) is 2. The minimum atomic E-state index is 0.823. The summed E-state index contributed by atoms with van der Waals surface area (Å²) >= 11 is 2.13. The third kappa shape index (κ3) is 2.88. The molecule has 76 valence electrons. The summed E-state index contributed by atoms with van der Waals surface area (Å²) < 4.78 is 0. The van der Waals surface area contributed by atoms with Crippen LogP contribution in [-0.4, -0.2) is 23.6 Å². The van der Waals surface area contributed by atoms with Gasteiger partial charge in [-0.3, -0.25) is 0 Å². The first-order valence-electron chi connectivity index (χ1n) is 5.74. The molecule has 1 heterocycles. The van der Waals surface area contributed by atoms with Crippen molar-refractivity contribution in [3.63, 3.8) is 0 Å². The maximum absolute atomic E-state index is 3.85. The molecule has 2 aliphatic rings. The molecule has 1 aliphatic carbocycles. The molecule has 2 rings (SSSR count). The molecule has 13 heavy (non-hydrogen) atoms. The van der Waals surface area contributed by atoms with E-state index in [9.17, 15) is 0 Å². The zero-order valence-corrected chi connectivity index (χ0v) is 9.41. The summed E-state index contributed by atoms with van der Waals surface area (Å²) in [5.74, 6) is 3.76. The topological polar surface area (TPSA) is 12.0 Å². The lowest BCUT2D eigenvalue weighted by atomic mass is 10.1. The van der Waals surface area contributed by atoms with Crippen molar-refractivity contribution in [1.82, 2.24) is 5.32 Å². The highest BCUT2D eigenvalue weighted by Gasteiger charge is 2.31. The van der Waals surface area contributed by atoms with Gasteiger partial charge >= 0.3 is 0 Å². The fourth-order valence-corrected chi connectivity index (χ4v) is 3.35. The monoisotopic (exact) mass is 199 g/mol. The minimum Gasteiger partial charge on any atom is -0.310 e. The van der Waals surface area contributed by atoms with Crippen molar-refractivity contribution in [2.24, 2.45) is 5.92 Å². The summed E-state index contributed by atoms with van der Waals surface area (Å²) in [5.41, 5.74) is 0. The Morgan fingerprint density at radius 2 is 2.23 bits per heavy atom. The standard InChI is InChI=1S/C11H21NS/c1-2-11(9-5-6-9)12-10-4-3-7-13-8-10/h9-12H,2-8H2,1H3. The molecule has 1 nitrogen and oxygen atoms in total. The number of nitrogens with one attached hydrogen (secondary N) is 1. The van der Waals surface area contributed by atoms with Gasteiger partial charge in [-0.2, -0.15) is 11.8 Å². The van der Waals surface area contributed by atoms with Gasteiger partial charge in [-0.05, 0) is 43.8 Å². The summed E-state index contributed by atoms with van der Waals surface area (Å²) in [7, 11) is 0. The fourth-order valence-electron chi connectivity index (χ4n) is 2.26. The number of thioether (sulfide) groups is 1. The minimum absolute atomic E-state index is 0.823. The fraction of sp³-hybridized carbons (Fsp3) is 1.00. The van der Waals surface area contributed by atoms with Gasteiger partial charge < -0.3 is 5.32 Å². The molecule has 0 aromatic carbocycles. The van der Waals surface area contributed by atoms with Gasteiger partial charge in [-0.25, -0.2) is 0 Å². The van der Waals surface area contributed by atoms with Crippen LogP contribution >= 0.6 is 11.8 Å². The first kappa shape index (κ1) is 9.85. The highest BCUT2D eigenvalue weighted by Crippen LogP contribution is 2.34. The van der Waals surface area contributed by atoms with E-state index in [0.717, 1.165) is 18.0 Å². The lowest BCUT2D eigenvalue weighted by Crippen LogP contribution is -2.42. The van der Waals surface area contributed by atoms with Gasteiger partial charge in [0.1, 0.15) is 0 Å². The van der Waals surface area contributed by atoms with E-state index in [4.69, 9.17) is 0 Å². The SMILES string of the molecule is CCC(NC1CCCSC1)C1CC1. The molecular formula is C11H21NS. The van der Waals surface area contributed by atoms with Crippen LogP contribution in [0.4, 0.5) is 0 Å². The largest absolute Gasteiger partial charge is 0.310 e. The Kier molecular flexibility index (Phi) is 3.56. The Labute approximate surface area is 86.0 Å². The zero-order valence-electron chi connectivity index (χ0n) is 8.59. The second-order valence-corrected chi connectivity index (χ2v) is 5.58. The Morgan fingerprint density at radius 3 is 2.77 bits per heavy atom. The zero-order chi connectivity index (χ0) is 9.10. The Bertz CT molecular complexity index is 150. The van der Waals surface area contributed by atoms with Crippen molar-refractivity contribution in [3.05, 3.63) is 0 Å². The molecule has 2 unspecified atom stereocenters. The van der Waals surface area contributed by atoms with E-state index in [1.807, 2.05) is 0 Å². The second-order valence-electron chi connectivity index (χ2n) is 4.43. The number of rotatable bonds is 4. The molecule has 2 heteroatoms. The molecule has 1 aliphatic heterocycles. The van der Waals surface area contributed by atoms with Gasteiger partial charge in [0.15, 0.2) is 0 Å². The van der Waals surface area contributed by atoms with Crippen molar-refractivity contribution in [2.75, 3.05) is 11.5 Å². The summed E-state index contributed by atoms with van der Waals surface area (Å²) in [6, 6.07) is 1.66. The van der Waals surface area contributed by atoms with Crippen LogP contribution in [-0.2, 0) is 0 Å². The van der Waals surface area contributed by atoms with Gasteiger partial charge in [0, 0.05) is 17.8 Å². The van der Waals surface area contributed by atoms with Crippen LogP contribution in [0.25, 0.3) is 0 Å². The highest BCUT2D eigenvalue weighted by molar-refractivity contribution is 7.99. The van der Waals surface area contributed by atoms with E-state index in [1.165, 1.54) is 43.6 Å². The average molecular weight is 199 g/mol. The van der Waals surface area contributed by atoms with Crippen molar-refractivity contribution in [3.8, 4) is 0 Å². The third-order valence-corrected chi connectivity index (χ3v) is 4.46. The molecular weight excluding hydrogens is 178 g/mol. The predicted octanol–water partition coefficient (Wildman–Crippen LogP) is 2.66. The quantitative estimate of drug-likeness (QED) is 0.747. The predicted molar refractivity (Wildman–Crippen MR) is 60.3 cm³/mol. The van der Waals surface area contributed by atoms with Crippen LogP contribution in [0.1, 0.15) is 39.0 Å². The summed E-state index contributed by atoms with van der Waals surface area (Å²) in [6.45, 7) is 2.33. The van der Waals surface area contributed by atoms with Crippen LogP contribution < -0.4 is 5.32 Å². The Balaban J connectivity index is 1.73. The van der Waals surface area contributed by atoms with Crippen molar-refractivity contribution in [1.29, 1.82) is 0 Å². The van der Waals surface area contributed by atoms with Gasteiger partial charge in [-0.1, -0.05) is 6.92 Å². The first-order chi connectivity index (χ1) is 6.40. The van der Waals surface area contributed by atoms with Crippen molar-refractivity contribution >= 4 is 11.8 Å². The van der Waals surface area contributed by atoms with Crippen LogP contribution in [0.2, 0.25) is 0 Å². The molecule has 0 aromatic rings. The van der Waals surface area contributed by atoms with E-state index in [0.29, 0.717) is 0 Å². The second kappa shape index (κ2) is 4.70. The van der Waals surface area contributed by atoms with Gasteiger partial charge in [0.05, 0.1) is 0 Å². The number of hydrogen-bond donors (Lipinski definition) is 1. The molecule has 0 spiro atoms. The van der Waals surface area contributed by atoms with Gasteiger partial charge in [0.25, 0.3) is 0 Å². The van der Waals surface area contributed by atoms with Gasteiger partial charge in [0.2, 0.25) is 0 Å². The van der Waals surface area contributed by atoms with Crippen LogP contribution in [0.15, 0.2) is 0 Å². The van der Waals surface area contributed by atoms with Crippen LogP contribution in [0.3, 0.4) is 0 Å². The van der Waals surface area contributed by atoms with E-state index in [2.05, 4.69) is 24.0 Å². The molecule has 0 bridgehead atoms. The van der Waals surface area contributed by atoms with Crippen LogP contribution in [0.5, 0.6) is 0 Å². The molecule has 1 saturated carbocycles. The Morgan fingerprint density at radius 1 is 1.38 bits per heavy atom. The van der Waals surface area contributed by atoms with E-state index in [-0.39, 0.29) is 0 Å². The molecule has 2 fully saturated rings. The highest BCUT2D eigenvalue weighted by atomic mass is 32.2. The maximum Gasteiger partial charge on any atom is 0.0161 e. The van der Waals surface area contributed by atoms with E-state index >= 15 is 0 Å². The average Bonchev–Trinajstić information content (AvgIpc) is 2.99. The lowest BCUT2D eigenvalue weighted by Gasteiger charge is -2.27. The molecule has 0 radical (unpaired) electrons. The molecule has 0 amide bonds. The van der Waals surface area contributed by atoms with Gasteiger partial charge in [-0.15, -0.1) is 0 Å². The van der Waals surface area contributed by atoms with Crippen LogP contribution in [0, 0.1) is 5.92 Å². The molecule has 1 saturated heterocycles. The maximum atomic E-state index is 3.85. The lowest BCUT2D eigenvalue weighted by molar-refractivity contribution is 0.384.